The van der Waals surface area contributed by atoms with Gasteiger partial charge in [-0.25, -0.2) is 4.68 Å². The van der Waals surface area contributed by atoms with Gasteiger partial charge < -0.3 is 9.64 Å². The second-order valence-corrected chi connectivity index (χ2v) is 9.23. The van der Waals surface area contributed by atoms with Crippen molar-refractivity contribution in [3.63, 3.8) is 0 Å². The number of aromatic nitrogens is 5. The van der Waals surface area contributed by atoms with Gasteiger partial charge in [-0.3, -0.25) is 9.78 Å². The molecule has 2 atom stereocenters. The summed E-state index contributed by atoms with van der Waals surface area (Å²) in [5.74, 6) is 1.32. The second kappa shape index (κ2) is 7.46. The molecule has 5 rings (SSSR count). The van der Waals surface area contributed by atoms with Crippen LogP contribution in [0.2, 0.25) is 0 Å². The molecule has 0 bridgehead atoms. The second-order valence-electron chi connectivity index (χ2n) is 8.07. The summed E-state index contributed by atoms with van der Waals surface area (Å²) in [6.45, 7) is 2.45. The lowest BCUT2D eigenvalue weighted by Gasteiger charge is -2.16. The van der Waals surface area contributed by atoms with Gasteiger partial charge in [0.2, 0.25) is 11.0 Å². The van der Waals surface area contributed by atoms with Crippen molar-refractivity contribution < 1.29 is 4.74 Å². The van der Waals surface area contributed by atoms with Crippen LogP contribution in [-0.2, 0) is 19.9 Å². The molecule has 1 saturated carbocycles. The molecule has 0 aromatic carbocycles. The molecule has 0 radical (unpaired) electrons. The maximum atomic E-state index is 12.6. The molecule has 8 nitrogen and oxygen atoms in total. The molecule has 0 saturated heterocycles. The van der Waals surface area contributed by atoms with Crippen LogP contribution in [0.5, 0.6) is 5.88 Å². The van der Waals surface area contributed by atoms with Crippen molar-refractivity contribution in [1.29, 1.82) is 0 Å². The molecule has 1 fully saturated rings. The summed E-state index contributed by atoms with van der Waals surface area (Å²) in [4.78, 5) is 19.2. The smallest absolute Gasteiger partial charge is 0.290 e. The Hall–Kier alpha value is -2.81. The quantitative estimate of drug-likeness (QED) is 0.601. The van der Waals surface area contributed by atoms with Crippen molar-refractivity contribution in [2.75, 3.05) is 18.6 Å². The lowest BCUT2D eigenvalue weighted by Crippen LogP contribution is -2.27. The van der Waals surface area contributed by atoms with E-state index in [4.69, 9.17) is 9.72 Å². The molecule has 0 aliphatic heterocycles. The molecule has 2 aliphatic carbocycles. The van der Waals surface area contributed by atoms with E-state index in [2.05, 4.69) is 27.4 Å². The van der Waals surface area contributed by atoms with Crippen LogP contribution in [0, 0.1) is 12.8 Å². The van der Waals surface area contributed by atoms with Crippen molar-refractivity contribution in [2.24, 2.45) is 13.0 Å². The average molecular weight is 425 g/mol. The number of fused-ring (bicyclic) bond motifs is 1. The largest absolute Gasteiger partial charge is 0.476 e. The van der Waals surface area contributed by atoms with Crippen molar-refractivity contribution in [3.8, 4) is 5.88 Å². The van der Waals surface area contributed by atoms with E-state index < -0.39 is 0 Å². The molecular weight excluding hydrogens is 400 g/mol. The first-order chi connectivity index (χ1) is 14.5. The minimum absolute atomic E-state index is 0.204. The number of hydrogen-bond acceptors (Lipinski definition) is 8. The van der Waals surface area contributed by atoms with Crippen LogP contribution in [0.15, 0.2) is 23.0 Å². The lowest BCUT2D eigenvalue weighted by molar-refractivity contribution is 0.278. The first-order valence-electron chi connectivity index (χ1n) is 10.2. The standard InChI is InChI=1S/C21H24N6O2S/c1-12-23-24-21(30-12)26(2)18-10-19(25-27(3)20(18)28)29-11-14-9-15(14)17-8-7-13-5-4-6-16(13)22-17/h7-8,10,14-15H,4-6,9,11H2,1-3H3/t14-,15+/m1/s1. The van der Waals surface area contributed by atoms with Crippen LogP contribution in [0.25, 0.3) is 0 Å². The van der Waals surface area contributed by atoms with Crippen LogP contribution in [0.3, 0.4) is 0 Å². The number of rotatable bonds is 6. The summed E-state index contributed by atoms with van der Waals surface area (Å²) in [6.07, 6.45) is 4.55. The Morgan fingerprint density at radius 2 is 2.17 bits per heavy atom. The molecule has 0 unspecified atom stereocenters. The molecule has 3 aromatic heterocycles. The van der Waals surface area contributed by atoms with E-state index in [-0.39, 0.29) is 5.56 Å². The minimum atomic E-state index is -0.204. The zero-order chi connectivity index (χ0) is 20.8. The van der Waals surface area contributed by atoms with Gasteiger partial charge in [-0.1, -0.05) is 17.4 Å². The van der Waals surface area contributed by atoms with E-state index in [1.807, 2.05) is 6.92 Å². The fraction of sp³-hybridized carbons (Fsp3) is 0.476. The summed E-state index contributed by atoms with van der Waals surface area (Å²) in [5.41, 5.74) is 4.13. The zero-order valence-electron chi connectivity index (χ0n) is 17.3. The van der Waals surface area contributed by atoms with Gasteiger partial charge in [-0.2, -0.15) is 0 Å². The van der Waals surface area contributed by atoms with Gasteiger partial charge in [0.25, 0.3) is 5.56 Å². The molecule has 9 heteroatoms. The van der Waals surface area contributed by atoms with E-state index in [1.165, 1.54) is 39.4 Å². The predicted octanol–water partition coefficient (Wildman–Crippen LogP) is 2.77. The van der Waals surface area contributed by atoms with Crippen LogP contribution >= 0.6 is 11.3 Å². The average Bonchev–Trinajstić information content (AvgIpc) is 3.13. The van der Waals surface area contributed by atoms with E-state index in [9.17, 15) is 4.79 Å². The maximum Gasteiger partial charge on any atom is 0.290 e. The van der Waals surface area contributed by atoms with Crippen molar-refractivity contribution in [1.82, 2.24) is 25.0 Å². The van der Waals surface area contributed by atoms with Crippen LogP contribution in [0.4, 0.5) is 10.8 Å². The lowest BCUT2D eigenvalue weighted by atomic mass is 10.1. The Morgan fingerprint density at radius 3 is 2.97 bits per heavy atom. The third kappa shape index (κ3) is 3.58. The maximum absolute atomic E-state index is 12.6. The van der Waals surface area contributed by atoms with Crippen LogP contribution in [0.1, 0.15) is 40.7 Å². The first-order valence-corrected chi connectivity index (χ1v) is 11.0. The van der Waals surface area contributed by atoms with Gasteiger partial charge in [0, 0.05) is 43.4 Å². The monoisotopic (exact) mass is 424 g/mol. The molecule has 30 heavy (non-hydrogen) atoms. The molecule has 156 valence electrons. The van der Waals surface area contributed by atoms with Gasteiger partial charge in [0.05, 0.1) is 6.61 Å². The summed E-state index contributed by atoms with van der Waals surface area (Å²) in [5, 5.41) is 13.9. The molecule has 0 spiro atoms. The SMILES string of the molecule is Cc1nnc(N(C)c2cc(OC[C@H]3C[C@@H]3c3ccc4c(n3)CCC4)nn(C)c2=O)s1. The molecule has 0 amide bonds. The Bertz CT molecular complexity index is 1160. The van der Waals surface area contributed by atoms with Crippen LogP contribution in [-0.4, -0.2) is 38.6 Å². The molecule has 0 N–H and O–H groups in total. The summed E-state index contributed by atoms with van der Waals surface area (Å²) < 4.78 is 7.29. The van der Waals surface area contributed by atoms with E-state index in [0.717, 1.165) is 24.3 Å². The van der Waals surface area contributed by atoms with E-state index >= 15 is 0 Å². The van der Waals surface area contributed by atoms with Crippen molar-refractivity contribution in [3.05, 3.63) is 50.5 Å². The highest BCUT2D eigenvalue weighted by atomic mass is 32.1. The summed E-state index contributed by atoms with van der Waals surface area (Å²) >= 11 is 1.43. The number of anilines is 2. The van der Waals surface area contributed by atoms with Crippen molar-refractivity contribution in [2.45, 2.75) is 38.5 Å². The molecule has 3 heterocycles. The zero-order valence-corrected chi connectivity index (χ0v) is 18.1. The van der Waals surface area contributed by atoms with Crippen LogP contribution < -0.4 is 15.2 Å². The molecular formula is C21H24N6O2S. The highest BCUT2D eigenvalue weighted by Gasteiger charge is 2.40. The summed E-state index contributed by atoms with van der Waals surface area (Å²) in [6, 6.07) is 6.10. The molecule has 3 aromatic rings. The third-order valence-electron chi connectivity index (χ3n) is 5.88. The third-order valence-corrected chi connectivity index (χ3v) is 6.80. The number of aryl methyl sites for hydroxylation is 4. The fourth-order valence-electron chi connectivity index (χ4n) is 4.03. The highest BCUT2D eigenvalue weighted by Crippen LogP contribution is 2.47. The highest BCUT2D eigenvalue weighted by molar-refractivity contribution is 7.15. The number of pyridine rings is 1. The Morgan fingerprint density at radius 1 is 1.30 bits per heavy atom. The predicted molar refractivity (Wildman–Crippen MR) is 115 cm³/mol. The number of nitrogens with zero attached hydrogens (tertiary/aromatic N) is 6. The van der Waals surface area contributed by atoms with E-state index in [0.29, 0.717) is 35.1 Å². The van der Waals surface area contributed by atoms with Gasteiger partial charge in [0.1, 0.15) is 10.7 Å². The number of hydrogen-bond donors (Lipinski definition) is 0. The normalized spacial score (nSPS) is 19.6. The van der Waals surface area contributed by atoms with Gasteiger partial charge in [-0.15, -0.1) is 15.3 Å². The van der Waals surface area contributed by atoms with Crippen molar-refractivity contribution >= 4 is 22.2 Å². The fourth-order valence-corrected chi connectivity index (χ4v) is 4.70. The van der Waals surface area contributed by atoms with Gasteiger partial charge in [-0.05, 0) is 44.2 Å². The molecule has 2 aliphatic rings. The van der Waals surface area contributed by atoms with Gasteiger partial charge >= 0.3 is 0 Å². The van der Waals surface area contributed by atoms with E-state index in [1.54, 1.807) is 25.1 Å². The minimum Gasteiger partial charge on any atom is -0.476 e. The Kier molecular flexibility index (Phi) is 4.77. The Labute approximate surface area is 178 Å². The summed E-state index contributed by atoms with van der Waals surface area (Å²) in [7, 11) is 3.43. The first kappa shape index (κ1) is 19.2. The van der Waals surface area contributed by atoms with Gasteiger partial charge in [0.15, 0.2) is 0 Å². The number of ether oxygens (including phenoxy) is 1. The topological polar surface area (TPSA) is 86.0 Å². The Balaban J connectivity index is 1.28.